The van der Waals surface area contributed by atoms with Crippen LogP contribution in [-0.2, 0) is 19.1 Å². The van der Waals surface area contributed by atoms with Crippen LogP contribution in [0, 0.1) is 0 Å². The minimum Gasteiger partial charge on any atom is -0.491 e. The van der Waals surface area contributed by atoms with Crippen LogP contribution in [0.3, 0.4) is 0 Å². The molecule has 2 N–H and O–H groups in total. The smallest absolute Gasteiger partial charge is 0.416 e. The summed E-state index contributed by atoms with van der Waals surface area (Å²) in [6, 6.07) is 4.35. The molecule has 2 unspecified atom stereocenters. The van der Waals surface area contributed by atoms with Crippen molar-refractivity contribution in [2.45, 2.75) is 50.6 Å². The number of alkyl halides is 3. The molecule has 2 aliphatic rings. The number of carbonyl (C=O) groups is 1. The Hall–Kier alpha value is -2.75. The van der Waals surface area contributed by atoms with Gasteiger partial charge < -0.3 is 19.9 Å². The highest BCUT2D eigenvalue weighted by Crippen LogP contribution is 2.34. The van der Waals surface area contributed by atoms with E-state index in [4.69, 9.17) is 9.47 Å². The third-order valence-corrected chi connectivity index (χ3v) is 5.54. The van der Waals surface area contributed by atoms with E-state index in [1.54, 1.807) is 0 Å². The highest BCUT2D eigenvalue weighted by molar-refractivity contribution is 5.92. The molecule has 0 aliphatic carbocycles. The Kier molecular flexibility index (Phi) is 5.13. The van der Waals surface area contributed by atoms with E-state index in [9.17, 15) is 23.1 Å². The minimum absolute atomic E-state index is 0.116. The van der Waals surface area contributed by atoms with Gasteiger partial charge in [-0.3, -0.25) is 4.79 Å². The quantitative estimate of drug-likeness (QED) is 0.790. The van der Waals surface area contributed by atoms with Gasteiger partial charge in [-0.2, -0.15) is 18.3 Å². The number of hydrogen-bond donors (Lipinski definition) is 2. The van der Waals surface area contributed by atoms with E-state index in [-0.39, 0.29) is 25.3 Å². The van der Waals surface area contributed by atoms with E-state index in [0.29, 0.717) is 36.6 Å². The maximum Gasteiger partial charge on any atom is 0.416 e. The molecule has 0 saturated carbocycles. The van der Waals surface area contributed by atoms with E-state index in [1.807, 2.05) is 6.92 Å². The molecule has 2 aromatic rings. The molecule has 4 rings (SSSR count). The van der Waals surface area contributed by atoms with Crippen LogP contribution in [0.1, 0.15) is 41.4 Å². The van der Waals surface area contributed by atoms with Crippen molar-refractivity contribution >= 4 is 5.91 Å². The lowest BCUT2D eigenvalue weighted by atomic mass is 9.98. The normalized spacial score (nSPS) is 23.4. The Morgan fingerprint density at radius 1 is 1.37 bits per heavy atom. The molecule has 0 spiro atoms. The molecule has 3 heterocycles. The fourth-order valence-corrected chi connectivity index (χ4v) is 3.58. The SMILES string of the molecule is CCC1(O)CCn2nc(C(=O)NC3COc4ccc(C(F)(F)F)cc4C3)cc2OC1. The predicted molar refractivity (Wildman–Crippen MR) is 99.5 cm³/mol. The third-order valence-electron chi connectivity index (χ3n) is 5.54. The zero-order valence-corrected chi connectivity index (χ0v) is 16.3. The molecule has 1 aromatic carbocycles. The summed E-state index contributed by atoms with van der Waals surface area (Å²) < 4.78 is 51.5. The van der Waals surface area contributed by atoms with Gasteiger partial charge in [-0.05, 0) is 43.0 Å². The second kappa shape index (κ2) is 7.50. The Morgan fingerprint density at radius 3 is 2.90 bits per heavy atom. The summed E-state index contributed by atoms with van der Waals surface area (Å²) in [5.74, 6) is 0.317. The Labute approximate surface area is 170 Å². The van der Waals surface area contributed by atoms with Crippen LogP contribution in [0.4, 0.5) is 13.2 Å². The molecular weight excluding hydrogens is 403 g/mol. The van der Waals surface area contributed by atoms with Gasteiger partial charge in [-0.1, -0.05) is 6.92 Å². The van der Waals surface area contributed by atoms with Crippen molar-refractivity contribution in [1.82, 2.24) is 15.1 Å². The number of carbonyl (C=O) groups excluding carboxylic acids is 1. The van der Waals surface area contributed by atoms with Gasteiger partial charge >= 0.3 is 6.18 Å². The highest BCUT2D eigenvalue weighted by Gasteiger charge is 2.33. The molecule has 2 atom stereocenters. The summed E-state index contributed by atoms with van der Waals surface area (Å²) in [6.45, 7) is 2.55. The number of fused-ring (bicyclic) bond motifs is 2. The Morgan fingerprint density at radius 2 is 2.17 bits per heavy atom. The van der Waals surface area contributed by atoms with Gasteiger partial charge in [0.1, 0.15) is 24.6 Å². The van der Waals surface area contributed by atoms with Gasteiger partial charge in [-0.25, -0.2) is 4.68 Å². The van der Waals surface area contributed by atoms with Crippen molar-refractivity contribution in [1.29, 1.82) is 0 Å². The first kappa shape index (κ1) is 20.5. The number of nitrogens with one attached hydrogen (secondary N) is 1. The van der Waals surface area contributed by atoms with Gasteiger partial charge in [0.25, 0.3) is 5.91 Å². The zero-order chi connectivity index (χ0) is 21.5. The summed E-state index contributed by atoms with van der Waals surface area (Å²) in [5, 5.41) is 17.4. The van der Waals surface area contributed by atoms with Gasteiger partial charge in [-0.15, -0.1) is 0 Å². The molecule has 0 bridgehead atoms. The molecule has 1 amide bonds. The molecule has 1 aromatic heterocycles. The van der Waals surface area contributed by atoms with Crippen molar-refractivity contribution in [2.24, 2.45) is 0 Å². The summed E-state index contributed by atoms with van der Waals surface area (Å²) in [6.07, 6.45) is -3.22. The van der Waals surface area contributed by atoms with E-state index >= 15 is 0 Å². The Balaban J connectivity index is 1.43. The lowest BCUT2D eigenvalue weighted by Gasteiger charge is -2.26. The topological polar surface area (TPSA) is 85.6 Å². The maximum absolute atomic E-state index is 12.9. The van der Waals surface area contributed by atoms with Crippen molar-refractivity contribution in [3.63, 3.8) is 0 Å². The van der Waals surface area contributed by atoms with Crippen molar-refractivity contribution < 1.29 is 32.5 Å². The van der Waals surface area contributed by atoms with Crippen LogP contribution in [-0.4, -0.2) is 45.7 Å². The average molecular weight is 425 g/mol. The first-order valence-corrected chi connectivity index (χ1v) is 9.74. The molecule has 162 valence electrons. The van der Waals surface area contributed by atoms with Crippen LogP contribution >= 0.6 is 0 Å². The van der Waals surface area contributed by atoms with Gasteiger partial charge in [0.15, 0.2) is 5.69 Å². The zero-order valence-electron chi connectivity index (χ0n) is 16.3. The number of nitrogens with zero attached hydrogens (tertiary/aromatic N) is 2. The summed E-state index contributed by atoms with van der Waals surface area (Å²) in [5.41, 5.74) is -1.14. The molecule has 0 radical (unpaired) electrons. The van der Waals surface area contributed by atoms with Crippen molar-refractivity contribution in [2.75, 3.05) is 13.2 Å². The number of halogens is 3. The number of rotatable bonds is 3. The van der Waals surface area contributed by atoms with E-state index in [1.165, 1.54) is 16.8 Å². The first-order valence-electron chi connectivity index (χ1n) is 9.74. The molecule has 7 nitrogen and oxygen atoms in total. The monoisotopic (exact) mass is 425 g/mol. The van der Waals surface area contributed by atoms with E-state index in [0.717, 1.165) is 12.1 Å². The number of aliphatic hydroxyl groups is 1. The van der Waals surface area contributed by atoms with Crippen LogP contribution < -0.4 is 14.8 Å². The molecular formula is C20H22F3N3O4. The van der Waals surface area contributed by atoms with Crippen LogP contribution in [0.2, 0.25) is 0 Å². The summed E-state index contributed by atoms with van der Waals surface area (Å²) in [7, 11) is 0. The number of aromatic nitrogens is 2. The lowest BCUT2D eigenvalue weighted by molar-refractivity contribution is -0.137. The molecule has 30 heavy (non-hydrogen) atoms. The average Bonchev–Trinajstić information content (AvgIpc) is 3.06. The summed E-state index contributed by atoms with van der Waals surface area (Å²) >= 11 is 0. The van der Waals surface area contributed by atoms with Crippen LogP contribution in [0.25, 0.3) is 0 Å². The molecule has 10 heteroatoms. The number of aryl methyl sites for hydroxylation is 1. The number of hydrogen-bond acceptors (Lipinski definition) is 5. The first-order chi connectivity index (χ1) is 14.2. The van der Waals surface area contributed by atoms with Crippen LogP contribution in [0.15, 0.2) is 24.3 Å². The van der Waals surface area contributed by atoms with Gasteiger partial charge in [0, 0.05) is 12.6 Å². The van der Waals surface area contributed by atoms with Crippen LogP contribution in [0.5, 0.6) is 11.6 Å². The maximum atomic E-state index is 12.9. The summed E-state index contributed by atoms with van der Waals surface area (Å²) in [4.78, 5) is 12.6. The fraction of sp³-hybridized carbons (Fsp3) is 0.500. The van der Waals surface area contributed by atoms with Crippen molar-refractivity contribution in [3.8, 4) is 11.6 Å². The largest absolute Gasteiger partial charge is 0.491 e. The number of amides is 1. The second-order valence-corrected chi connectivity index (χ2v) is 7.71. The molecule has 0 fully saturated rings. The number of ether oxygens (including phenoxy) is 2. The van der Waals surface area contributed by atoms with Gasteiger partial charge in [0.2, 0.25) is 5.88 Å². The van der Waals surface area contributed by atoms with E-state index in [2.05, 4.69) is 10.4 Å². The fourth-order valence-electron chi connectivity index (χ4n) is 3.58. The van der Waals surface area contributed by atoms with E-state index < -0.39 is 29.3 Å². The molecule has 2 aliphatic heterocycles. The standard InChI is InChI=1S/C20H22F3N3O4/c1-2-19(28)5-6-26-17(30-11-19)9-15(25-26)18(27)24-14-8-12-7-13(20(21,22)23)3-4-16(12)29-10-14/h3-4,7,9,14,28H,2,5-6,8,10-11H2,1H3,(H,24,27). The number of benzene rings is 1. The molecule has 0 saturated heterocycles. The minimum atomic E-state index is -4.44. The highest BCUT2D eigenvalue weighted by atomic mass is 19.4. The third kappa shape index (κ3) is 4.09. The van der Waals surface area contributed by atoms with Gasteiger partial charge in [0.05, 0.1) is 11.6 Å². The predicted octanol–water partition coefficient (Wildman–Crippen LogP) is 2.56. The van der Waals surface area contributed by atoms with Crippen molar-refractivity contribution in [3.05, 3.63) is 41.1 Å². The Bertz CT molecular complexity index is 932. The lowest BCUT2D eigenvalue weighted by Crippen LogP contribution is -2.43. The second-order valence-electron chi connectivity index (χ2n) is 7.71.